The van der Waals surface area contributed by atoms with Crippen LogP contribution in [0.5, 0.6) is 5.75 Å². The van der Waals surface area contributed by atoms with Crippen LogP contribution in [0.1, 0.15) is 47.0 Å². The van der Waals surface area contributed by atoms with Crippen molar-refractivity contribution in [2.24, 2.45) is 11.5 Å². The molecule has 0 bridgehead atoms. The molecule has 13 heteroatoms. The molecule has 6 aromatic rings. The summed E-state index contributed by atoms with van der Waals surface area (Å²) >= 11 is 0. The number of benzene rings is 3. The van der Waals surface area contributed by atoms with E-state index >= 15 is 0 Å². The summed E-state index contributed by atoms with van der Waals surface area (Å²) in [5, 5.41) is 21.3. The Labute approximate surface area is 252 Å². The molecule has 3 aromatic heterocycles. The highest BCUT2D eigenvalue weighted by molar-refractivity contribution is 6.05. The topological polar surface area (TPSA) is 206 Å². The molecule has 0 aliphatic carbocycles. The number of aldehydes is 2. The summed E-state index contributed by atoms with van der Waals surface area (Å²) in [5.41, 5.74) is 12.2. The van der Waals surface area contributed by atoms with E-state index in [4.69, 9.17) is 15.9 Å². The Kier molecular flexibility index (Phi) is 6.89. The van der Waals surface area contributed by atoms with E-state index in [9.17, 15) is 29.1 Å². The number of rotatable bonds is 8. The van der Waals surface area contributed by atoms with Crippen LogP contribution in [-0.4, -0.2) is 49.1 Å². The summed E-state index contributed by atoms with van der Waals surface area (Å²) in [6.45, 7) is 1.67. The third kappa shape index (κ3) is 4.93. The zero-order valence-electron chi connectivity index (χ0n) is 23.4. The highest BCUT2D eigenvalue weighted by Crippen LogP contribution is 2.44. The lowest BCUT2D eigenvalue weighted by molar-refractivity contribution is 0.0992. The molecule has 45 heavy (non-hydrogen) atoms. The number of phenols is 1. The van der Waals surface area contributed by atoms with Crippen molar-refractivity contribution in [3.63, 3.8) is 0 Å². The van der Waals surface area contributed by atoms with Crippen molar-refractivity contribution >= 4 is 35.4 Å². The normalized spacial score (nSPS) is 11.0. The number of aromatic nitrogens is 4. The summed E-state index contributed by atoms with van der Waals surface area (Å²) in [6.07, 6.45) is 3.96. The minimum atomic E-state index is -0.695. The van der Waals surface area contributed by atoms with E-state index in [1.807, 2.05) is 0 Å². The molecule has 5 N–H and O–H groups in total. The van der Waals surface area contributed by atoms with Gasteiger partial charge in [0.25, 0.3) is 0 Å². The number of carbonyl (C=O) groups excluding carboxylic acids is 4. The predicted molar refractivity (Wildman–Crippen MR) is 162 cm³/mol. The van der Waals surface area contributed by atoms with Crippen LogP contribution >= 0.6 is 0 Å². The van der Waals surface area contributed by atoms with Gasteiger partial charge < -0.3 is 21.0 Å². The highest BCUT2D eigenvalue weighted by Gasteiger charge is 2.26. The number of nitrogens with two attached hydrogens (primary N) is 2. The first-order chi connectivity index (χ1) is 21.6. The van der Waals surface area contributed by atoms with E-state index < -0.39 is 23.2 Å². The van der Waals surface area contributed by atoms with Gasteiger partial charge in [-0.05, 0) is 67.1 Å². The molecule has 0 unspecified atom stereocenters. The molecule has 0 saturated carbocycles. The number of primary amides is 2. The average molecular weight is 603 g/mol. The van der Waals surface area contributed by atoms with Crippen molar-refractivity contribution in [1.82, 2.24) is 19.6 Å². The Hall–Kier alpha value is -6.63. The maximum atomic E-state index is 12.5. The summed E-state index contributed by atoms with van der Waals surface area (Å²) in [6, 6.07) is 15.1. The first-order valence-corrected chi connectivity index (χ1v) is 13.3. The van der Waals surface area contributed by atoms with Crippen LogP contribution in [0.3, 0.4) is 0 Å². The van der Waals surface area contributed by atoms with Gasteiger partial charge in [-0.3, -0.25) is 19.2 Å². The minimum absolute atomic E-state index is 0.0174. The van der Waals surface area contributed by atoms with E-state index in [-0.39, 0.29) is 50.4 Å². The second-order valence-electron chi connectivity index (χ2n) is 10.1. The Morgan fingerprint density at radius 1 is 0.800 bits per heavy atom. The van der Waals surface area contributed by atoms with E-state index in [2.05, 4.69) is 10.2 Å². The van der Waals surface area contributed by atoms with Crippen LogP contribution in [-0.2, 0) is 0 Å². The van der Waals surface area contributed by atoms with Gasteiger partial charge in [0.1, 0.15) is 17.1 Å². The SMILES string of the molecule is Cc1cc(=O)oc2c(-c3nn(-c4ccc(C(N)=O)cc4)cc3C=O)c(O)c(-c3nn(-c4ccc(C(N)=O)cc4)cc3C=O)cc12. The Morgan fingerprint density at radius 2 is 1.29 bits per heavy atom. The van der Waals surface area contributed by atoms with Crippen LogP contribution in [0.25, 0.3) is 44.9 Å². The molecule has 0 aliphatic heterocycles. The second kappa shape index (κ2) is 10.9. The molecule has 0 aliphatic rings. The maximum Gasteiger partial charge on any atom is 0.336 e. The standard InChI is InChI=1S/C32H22N6O7/c1-16-10-25(41)45-30-23(16)11-24(27-19(14-39)12-37(35-27)21-6-2-17(3-7-21)31(33)43)29(42)26(30)28-20(15-40)13-38(36-28)22-8-4-18(5-9-22)32(34)44/h2-15,42H,1H3,(H2,33,43)(H2,34,44). The fourth-order valence-electron chi connectivity index (χ4n) is 5.01. The van der Waals surface area contributed by atoms with Gasteiger partial charge in [-0.2, -0.15) is 10.2 Å². The van der Waals surface area contributed by atoms with Gasteiger partial charge in [-0.1, -0.05) is 0 Å². The molecule has 3 aromatic carbocycles. The van der Waals surface area contributed by atoms with Crippen LogP contribution in [0.15, 0.2) is 82.3 Å². The molecule has 0 spiro atoms. The molecule has 2 amide bonds. The molecular weight excluding hydrogens is 580 g/mol. The van der Waals surface area contributed by atoms with Crippen molar-refractivity contribution < 1.29 is 28.7 Å². The molecule has 0 fully saturated rings. The lowest BCUT2D eigenvalue weighted by Crippen LogP contribution is -2.10. The van der Waals surface area contributed by atoms with Crippen molar-refractivity contribution in [2.75, 3.05) is 0 Å². The van der Waals surface area contributed by atoms with Gasteiger partial charge in [0, 0.05) is 40.5 Å². The number of aryl methyl sites for hydroxylation is 1. The van der Waals surface area contributed by atoms with E-state index in [1.54, 1.807) is 31.2 Å². The lowest BCUT2D eigenvalue weighted by Gasteiger charge is -2.13. The molecule has 3 heterocycles. The van der Waals surface area contributed by atoms with E-state index in [0.717, 1.165) is 0 Å². The second-order valence-corrected chi connectivity index (χ2v) is 10.1. The predicted octanol–water partition coefficient (Wildman–Crippen LogP) is 3.34. The van der Waals surface area contributed by atoms with Gasteiger partial charge in [-0.15, -0.1) is 0 Å². The van der Waals surface area contributed by atoms with Gasteiger partial charge >= 0.3 is 5.63 Å². The van der Waals surface area contributed by atoms with Crippen LogP contribution < -0.4 is 17.1 Å². The summed E-state index contributed by atoms with van der Waals surface area (Å²) in [4.78, 5) is 60.0. The molecule has 0 radical (unpaired) electrons. The molecular formula is C32H22N6O7. The van der Waals surface area contributed by atoms with Crippen molar-refractivity contribution in [3.05, 3.63) is 111 Å². The number of hydrogen-bond acceptors (Lipinski definition) is 9. The molecule has 0 atom stereocenters. The zero-order valence-corrected chi connectivity index (χ0v) is 23.4. The van der Waals surface area contributed by atoms with E-state index in [1.165, 1.54) is 58.2 Å². The summed E-state index contributed by atoms with van der Waals surface area (Å²) < 4.78 is 8.31. The van der Waals surface area contributed by atoms with Crippen LogP contribution in [0, 0.1) is 6.92 Å². The van der Waals surface area contributed by atoms with Gasteiger partial charge in [0.2, 0.25) is 11.8 Å². The number of phenolic OH excluding ortho intramolecular Hbond substituents is 1. The largest absolute Gasteiger partial charge is 0.506 e. The number of nitrogens with zero attached hydrogens (tertiary/aromatic N) is 4. The van der Waals surface area contributed by atoms with Crippen molar-refractivity contribution in [3.8, 4) is 39.6 Å². The average Bonchev–Trinajstić information content (AvgIpc) is 3.65. The summed E-state index contributed by atoms with van der Waals surface area (Å²) in [5.74, 6) is -1.67. The van der Waals surface area contributed by atoms with E-state index in [0.29, 0.717) is 34.9 Å². The fraction of sp³-hybridized carbons (Fsp3) is 0.0312. The Bertz CT molecular complexity index is 2240. The number of carbonyl (C=O) groups is 4. The van der Waals surface area contributed by atoms with Crippen LogP contribution in [0.2, 0.25) is 0 Å². The third-order valence-corrected chi connectivity index (χ3v) is 7.28. The minimum Gasteiger partial charge on any atom is -0.506 e. The third-order valence-electron chi connectivity index (χ3n) is 7.28. The van der Waals surface area contributed by atoms with Gasteiger partial charge in [0.15, 0.2) is 18.2 Å². The lowest BCUT2D eigenvalue weighted by atomic mass is 9.95. The quantitative estimate of drug-likeness (QED) is 0.172. The first-order valence-electron chi connectivity index (χ1n) is 13.3. The van der Waals surface area contributed by atoms with Gasteiger partial charge in [0.05, 0.1) is 28.1 Å². The zero-order chi connectivity index (χ0) is 32.0. The number of amides is 2. The highest BCUT2D eigenvalue weighted by atomic mass is 16.4. The van der Waals surface area contributed by atoms with Crippen molar-refractivity contribution in [1.29, 1.82) is 0 Å². The smallest absolute Gasteiger partial charge is 0.336 e. The fourth-order valence-corrected chi connectivity index (χ4v) is 5.01. The molecule has 222 valence electrons. The number of hydrogen-bond donors (Lipinski definition) is 3. The van der Waals surface area contributed by atoms with Gasteiger partial charge in [-0.25, -0.2) is 14.2 Å². The van der Waals surface area contributed by atoms with Crippen LogP contribution in [0.4, 0.5) is 0 Å². The number of fused-ring (bicyclic) bond motifs is 1. The maximum absolute atomic E-state index is 12.5. The summed E-state index contributed by atoms with van der Waals surface area (Å²) in [7, 11) is 0. The monoisotopic (exact) mass is 602 g/mol. The molecule has 13 nitrogen and oxygen atoms in total. The molecule has 0 saturated heterocycles. The first kappa shape index (κ1) is 28.5. The van der Waals surface area contributed by atoms with Crippen molar-refractivity contribution in [2.45, 2.75) is 6.92 Å². The Morgan fingerprint density at radius 3 is 1.78 bits per heavy atom. The number of aromatic hydroxyl groups is 1. The molecule has 6 rings (SSSR count). The Balaban J connectivity index is 1.59.